The molecule has 0 aliphatic heterocycles. The van der Waals surface area contributed by atoms with Gasteiger partial charge in [0.1, 0.15) is 0 Å². The summed E-state index contributed by atoms with van der Waals surface area (Å²) in [5, 5.41) is 12.6. The molecule has 0 amide bonds. The molecule has 27 heavy (non-hydrogen) atoms. The molecule has 6 nitrogen and oxygen atoms in total. The zero-order valence-electron chi connectivity index (χ0n) is 14.5. The lowest BCUT2D eigenvalue weighted by Gasteiger charge is -2.02. The predicted octanol–water partition coefficient (Wildman–Crippen LogP) is 3.91. The number of nitrogens with one attached hydrogen (secondary N) is 1. The van der Waals surface area contributed by atoms with Gasteiger partial charge in [0.05, 0.1) is 11.4 Å². The van der Waals surface area contributed by atoms with Crippen LogP contribution in [0.15, 0.2) is 70.7 Å². The van der Waals surface area contributed by atoms with E-state index in [4.69, 9.17) is 16.7 Å². The summed E-state index contributed by atoms with van der Waals surface area (Å²) in [6.45, 7) is 0. The van der Waals surface area contributed by atoms with E-state index in [1.54, 1.807) is 7.05 Å². The minimum atomic E-state index is -0.226. The molecule has 1 N–H and O–H groups in total. The molecule has 0 atom stereocenters. The number of hydrogen-bond donors (Lipinski definition) is 1. The Morgan fingerprint density at radius 1 is 1.11 bits per heavy atom. The van der Waals surface area contributed by atoms with Gasteiger partial charge >= 0.3 is 5.69 Å². The van der Waals surface area contributed by atoms with Crippen molar-refractivity contribution in [3.63, 3.8) is 0 Å². The minimum absolute atomic E-state index is 0.226. The van der Waals surface area contributed by atoms with E-state index in [-0.39, 0.29) is 5.69 Å². The molecule has 0 aliphatic rings. The number of para-hydroxylation sites is 1. The van der Waals surface area contributed by atoms with Crippen molar-refractivity contribution in [3.05, 3.63) is 81.9 Å². The third-order valence-corrected chi connectivity index (χ3v) is 5.45. The van der Waals surface area contributed by atoms with E-state index in [1.807, 2.05) is 65.5 Å². The number of rotatable bonds is 5. The van der Waals surface area contributed by atoms with E-state index < -0.39 is 0 Å². The average Bonchev–Trinajstić information content (AvgIpc) is 3.26. The quantitative estimate of drug-likeness (QED) is 0.518. The van der Waals surface area contributed by atoms with Gasteiger partial charge in [-0.2, -0.15) is 5.10 Å². The van der Waals surface area contributed by atoms with Crippen LogP contribution >= 0.6 is 23.4 Å². The van der Waals surface area contributed by atoms with Crippen LogP contribution in [0.1, 0.15) is 5.56 Å². The minimum Gasteiger partial charge on any atom is -0.273 e. The molecule has 4 rings (SSSR count). The van der Waals surface area contributed by atoms with E-state index in [9.17, 15) is 4.79 Å². The molecule has 0 unspecified atom stereocenters. The molecule has 0 bridgehead atoms. The number of H-pyrrole nitrogens is 1. The van der Waals surface area contributed by atoms with Gasteiger partial charge in [0, 0.05) is 35.1 Å². The lowest BCUT2D eigenvalue weighted by molar-refractivity contribution is 0.766. The van der Waals surface area contributed by atoms with E-state index >= 15 is 0 Å². The van der Waals surface area contributed by atoms with Gasteiger partial charge in [-0.05, 0) is 24.3 Å². The molecule has 0 fully saturated rings. The monoisotopic (exact) mass is 397 g/mol. The maximum atomic E-state index is 11.6. The van der Waals surface area contributed by atoms with Crippen molar-refractivity contribution < 1.29 is 0 Å². The third-order valence-electron chi connectivity index (χ3n) is 4.12. The number of aromatic nitrogens is 5. The molecule has 0 radical (unpaired) electrons. The highest BCUT2D eigenvalue weighted by atomic mass is 35.5. The van der Waals surface area contributed by atoms with Gasteiger partial charge in [0.25, 0.3) is 0 Å². The molecule has 2 aromatic heterocycles. The lowest BCUT2D eigenvalue weighted by atomic mass is 10.1. The number of aromatic amines is 1. The van der Waals surface area contributed by atoms with Gasteiger partial charge in [-0.1, -0.05) is 53.7 Å². The number of thioether (sulfide) groups is 1. The SMILES string of the molecule is Cn1c(SCc2cn(-c3ccccc3)nc2-c2ccc(Cl)cc2)n[nH]c1=O. The Hall–Kier alpha value is -2.77. The Morgan fingerprint density at radius 2 is 1.85 bits per heavy atom. The molecule has 2 aromatic carbocycles. The first-order valence-corrected chi connectivity index (χ1v) is 9.62. The van der Waals surface area contributed by atoms with Crippen LogP contribution in [-0.2, 0) is 12.8 Å². The van der Waals surface area contributed by atoms with Gasteiger partial charge < -0.3 is 0 Å². The first kappa shape index (κ1) is 17.6. The largest absolute Gasteiger partial charge is 0.343 e. The third kappa shape index (κ3) is 3.70. The van der Waals surface area contributed by atoms with Gasteiger partial charge in [0.15, 0.2) is 5.16 Å². The van der Waals surface area contributed by atoms with Crippen LogP contribution in [0.3, 0.4) is 0 Å². The molecular weight excluding hydrogens is 382 g/mol. The summed E-state index contributed by atoms with van der Waals surface area (Å²) in [4.78, 5) is 11.6. The van der Waals surface area contributed by atoms with Crippen molar-refractivity contribution in [2.45, 2.75) is 10.9 Å². The second kappa shape index (κ2) is 7.46. The Labute approximate surface area is 164 Å². The summed E-state index contributed by atoms with van der Waals surface area (Å²) in [5.74, 6) is 0.628. The van der Waals surface area contributed by atoms with Crippen molar-refractivity contribution in [1.82, 2.24) is 24.5 Å². The molecule has 4 aromatic rings. The first-order chi connectivity index (χ1) is 13.1. The van der Waals surface area contributed by atoms with Crippen LogP contribution in [0.4, 0.5) is 0 Å². The first-order valence-electron chi connectivity index (χ1n) is 8.26. The van der Waals surface area contributed by atoms with Gasteiger partial charge in [-0.25, -0.2) is 14.6 Å². The summed E-state index contributed by atoms with van der Waals surface area (Å²) in [7, 11) is 1.70. The summed E-state index contributed by atoms with van der Waals surface area (Å²) in [6, 6.07) is 17.6. The van der Waals surface area contributed by atoms with E-state index in [1.165, 1.54) is 16.3 Å². The van der Waals surface area contributed by atoms with Crippen molar-refractivity contribution in [1.29, 1.82) is 0 Å². The number of hydrogen-bond acceptors (Lipinski definition) is 4. The second-order valence-corrected chi connectivity index (χ2v) is 7.33. The van der Waals surface area contributed by atoms with Crippen LogP contribution in [0.2, 0.25) is 5.02 Å². The average molecular weight is 398 g/mol. The molecule has 0 aliphatic carbocycles. The Balaban J connectivity index is 1.71. The van der Waals surface area contributed by atoms with Crippen molar-refractivity contribution in [3.8, 4) is 16.9 Å². The van der Waals surface area contributed by atoms with Crippen LogP contribution < -0.4 is 5.69 Å². The maximum absolute atomic E-state index is 11.6. The van der Waals surface area contributed by atoms with Crippen LogP contribution in [0.5, 0.6) is 0 Å². The van der Waals surface area contributed by atoms with E-state index in [0.717, 1.165) is 22.5 Å². The highest BCUT2D eigenvalue weighted by Crippen LogP contribution is 2.29. The molecular formula is C19H16ClN5OS. The fourth-order valence-electron chi connectivity index (χ4n) is 2.68. The fraction of sp³-hybridized carbons (Fsp3) is 0.105. The lowest BCUT2D eigenvalue weighted by Crippen LogP contribution is -2.12. The molecule has 0 saturated carbocycles. The summed E-state index contributed by atoms with van der Waals surface area (Å²) >= 11 is 7.51. The van der Waals surface area contributed by atoms with Crippen molar-refractivity contribution in [2.75, 3.05) is 0 Å². The highest BCUT2D eigenvalue weighted by molar-refractivity contribution is 7.98. The van der Waals surface area contributed by atoms with Gasteiger partial charge in [-0.3, -0.25) is 4.57 Å². The number of halogens is 1. The van der Waals surface area contributed by atoms with Crippen molar-refractivity contribution >= 4 is 23.4 Å². The smallest absolute Gasteiger partial charge is 0.273 e. The molecule has 8 heteroatoms. The number of nitrogens with zero attached hydrogens (tertiary/aromatic N) is 4. The molecule has 0 spiro atoms. The predicted molar refractivity (Wildman–Crippen MR) is 107 cm³/mol. The molecule has 2 heterocycles. The van der Waals surface area contributed by atoms with E-state index in [2.05, 4.69) is 10.2 Å². The Bertz CT molecular complexity index is 1120. The highest BCUT2D eigenvalue weighted by Gasteiger charge is 2.14. The van der Waals surface area contributed by atoms with E-state index in [0.29, 0.717) is 15.9 Å². The summed E-state index contributed by atoms with van der Waals surface area (Å²) < 4.78 is 3.36. The Kier molecular flexibility index (Phi) is 4.87. The normalized spacial score (nSPS) is 11.0. The zero-order valence-corrected chi connectivity index (χ0v) is 16.0. The topological polar surface area (TPSA) is 68.5 Å². The van der Waals surface area contributed by atoms with Crippen LogP contribution in [-0.4, -0.2) is 24.5 Å². The number of benzene rings is 2. The van der Waals surface area contributed by atoms with Crippen LogP contribution in [0.25, 0.3) is 16.9 Å². The van der Waals surface area contributed by atoms with Gasteiger partial charge in [0.2, 0.25) is 0 Å². The molecule has 136 valence electrons. The van der Waals surface area contributed by atoms with Crippen LogP contribution in [0, 0.1) is 0 Å². The molecule has 0 saturated heterocycles. The second-order valence-electron chi connectivity index (χ2n) is 5.95. The van der Waals surface area contributed by atoms with Gasteiger partial charge in [-0.15, -0.1) is 5.10 Å². The fourth-order valence-corrected chi connectivity index (χ4v) is 3.69. The summed E-state index contributed by atoms with van der Waals surface area (Å²) in [6.07, 6.45) is 2.01. The summed E-state index contributed by atoms with van der Waals surface area (Å²) in [5.41, 5.74) is 3.66. The zero-order chi connectivity index (χ0) is 18.8. The van der Waals surface area contributed by atoms with Crippen molar-refractivity contribution in [2.24, 2.45) is 7.05 Å². The standard InChI is InChI=1S/C19H16ClN5OS/c1-24-18(26)21-22-19(24)27-12-14-11-25(16-5-3-2-4-6-16)23-17(14)13-7-9-15(20)10-8-13/h2-11H,12H2,1H3,(H,21,26). The maximum Gasteiger partial charge on any atom is 0.343 e. The Morgan fingerprint density at radius 3 is 2.52 bits per heavy atom.